The van der Waals surface area contributed by atoms with E-state index >= 15 is 0 Å². The van der Waals surface area contributed by atoms with E-state index in [2.05, 4.69) is 20.8 Å². The highest BCUT2D eigenvalue weighted by Gasteiger charge is 2.60. The molecule has 4 saturated carbocycles. The van der Waals surface area contributed by atoms with Crippen molar-refractivity contribution in [2.24, 2.45) is 46.3 Å². The van der Waals surface area contributed by atoms with Crippen molar-refractivity contribution >= 4 is 5.97 Å². The molecule has 0 aromatic carbocycles. The molecule has 4 rings (SSSR count). The molecule has 0 aromatic heterocycles. The summed E-state index contributed by atoms with van der Waals surface area (Å²) >= 11 is 0. The second-order valence-electron chi connectivity index (χ2n) is 11.2. The van der Waals surface area contributed by atoms with Gasteiger partial charge in [0.25, 0.3) is 0 Å². The Morgan fingerprint density at radius 2 is 1.70 bits per heavy atom. The zero-order valence-corrected chi connectivity index (χ0v) is 17.6. The Balaban J connectivity index is 1.51. The second kappa shape index (κ2) is 7.04. The number of hydrogen-bond donors (Lipinski definition) is 2. The van der Waals surface area contributed by atoms with Gasteiger partial charge in [-0.05, 0) is 111 Å². The third-order valence-electron chi connectivity index (χ3n) is 10.2. The molecule has 27 heavy (non-hydrogen) atoms. The topological polar surface area (TPSA) is 57.5 Å². The van der Waals surface area contributed by atoms with Crippen LogP contribution in [0.15, 0.2) is 0 Å². The molecule has 0 radical (unpaired) electrons. The van der Waals surface area contributed by atoms with Crippen LogP contribution in [0.1, 0.15) is 91.4 Å². The van der Waals surface area contributed by atoms with E-state index < -0.39 is 5.97 Å². The number of aliphatic hydroxyl groups excluding tert-OH is 1. The molecule has 0 saturated heterocycles. The fourth-order valence-corrected chi connectivity index (χ4v) is 8.76. The van der Waals surface area contributed by atoms with E-state index in [0.717, 1.165) is 42.9 Å². The lowest BCUT2D eigenvalue weighted by Gasteiger charge is -2.61. The average Bonchev–Trinajstić information content (AvgIpc) is 2.97. The first-order valence-electron chi connectivity index (χ1n) is 11.7. The summed E-state index contributed by atoms with van der Waals surface area (Å²) in [7, 11) is 0. The van der Waals surface area contributed by atoms with Crippen molar-refractivity contribution in [1.29, 1.82) is 0 Å². The van der Waals surface area contributed by atoms with Crippen molar-refractivity contribution in [1.82, 2.24) is 0 Å². The number of carboxylic acid groups (broad SMARTS) is 1. The molecule has 2 N–H and O–H groups in total. The molecule has 0 amide bonds. The smallest absolute Gasteiger partial charge is 0.303 e. The van der Waals surface area contributed by atoms with Crippen LogP contribution in [0.2, 0.25) is 0 Å². The summed E-state index contributed by atoms with van der Waals surface area (Å²) in [5, 5.41) is 19.3. The summed E-state index contributed by atoms with van der Waals surface area (Å²) in [6.45, 7) is 7.43. The number of rotatable bonds is 4. The summed E-state index contributed by atoms with van der Waals surface area (Å²) in [5.74, 6) is 3.91. The summed E-state index contributed by atoms with van der Waals surface area (Å²) in [6.07, 6.45) is 12.4. The van der Waals surface area contributed by atoms with Gasteiger partial charge in [0.05, 0.1) is 6.10 Å². The monoisotopic (exact) mass is 376 g/mol. The van der Waals surface area contributed by atoms with Crippen LogP contribution in [0.25, 0.3) is 0 Å². The van der Waals surface area contributed by atoms with E-state index in [1.165, 1.54) is 44.9 Å². The van der Waals surface area contributed by atoms with E-state index in [-0.39, 0.29) is 6.10 Å². The highest BCUT2D eigenvalue weighted by molar-refractivity contribution is 5.66. The standard InChI is InChI=1S/C24H40O3/c1-15(4-9-22(26)27)19-7-8-20-18-6-5-16-14-17(25)10-12-23(16,2)21(18)11-13-24(19,20)3/h15-21,25H,4-14H2,1-3H3,(H,26,27)/t15-,16?,17-,18?,19-,20?,21?,23?,24?/m1/s1. The van der Waals surface area contributed by atoms with Gasteiger partial charge in [-0.25, -0.2) is 0 Å². The number of carboxylic acids is 1. The van der Waals surface area contributed by atoms with Crippen molar-refractivity contribution in [2.45, 2.75) is 97.5 Å². The Morgan fingerprint density at radius 3 is 2.44 bits per heavy atom. The third-order valence-corrected chi connectivity index (χ3v) is 10.2. The first-order valence-corrected chi connectivity index (χ1v) is 11.7. The van der Waals surface area contributed by atoms with Crippen molar-refractivity contribution in [2.75, 3.05) is 0 Å². The molecular weight excluding hydrogens is 336 g/mol. The molecule has 3 nitrogen and oxygen atoms in total. The number of hydrogen-bond acceptors (Lipinski definition) is 2. The predicted molar refractivity (Wildman–Crippen MR) is 107 cm³/mol. The maximum Gasteiger partial charge on any atom is 0.303 e. The fourth-order valence-electron chi connectivity index (χ4n) is 8.76. The van der Waals surface area contributed by atoms with Crippen LogP contribution in [-0.2, 0) is 4.79 Å². The van der Waals surface area contributed by atoms with Gasteiger partial charge in [-0.15, -0.1) is 0 Å². The highest BCUT2D eigenvalue weighted by Crippen LogP contribution is 2.68. The summed E-state index contributed by atoms with van der Waals surface area (Å²) < 4.78 is 0. The Labute approximate surface area is 165 Å². The van der Waals surface area contributed by atoms with E-state index in [4.69, 9.17) is 5.11 Å². The van der Waals surface area contributed by atoms with Crippen LogP contribution >= 0.6 is 0 Å². The zero-order valence-electron chi connectivity index (χ0n) is 17.6. The van der Waals surface area contributed by atoms with E-state index in [0.29, 0.717) is 29.1 Å². The minimum atomic E-state index is -0.643. The molecular formula is C24H40O3. The van der Waals surface area contributed by atoms with Crippen LogP contribution in [-0.4, -0.2) is 22.3 Å². The molecule has 6 unspecified atom stereocenters. The lowest BCUT2D eigenvalue weighted by molar-refractivity contribution is -0.138. The molecule has 9 atom stereocenters. The quantitative estimate of drug-likeness (QED) is 0.680. The van der Waals surface area contributed by atoms with Gasteiger partial charge in [0, 0.05) is 6.42 Å². The van der Waals surface area contributed by atoms with Crippen LogP contribution in [0.4, 0.5) is 0 Å². The number of aliphatic hydroxyl groups is 1. The van der Waals surface area contributed by atoms with Crippen LogP contribution in [0.5, 0.6) is 0 Å². The Bertz CT molecular complexity index is 574. The van der Waals surface area contributed by atoms with Crippen LogP contribution in [0.3, 0.4) is 0 Å². The lowest BCUT2D eigenvalue weighted by Crippen LogP contribution is -2.54. The van der Waals surface area contributed by atoms with E-state index in [1.807, 2.05) is 0 Å². The molecule has 0 heterocycles. The normalized spacial score (nSPS) is 50.4. The van der Waals surface area contributed by atoms with Crippen molar-refractivity contribution in [3.05, 3.63) is 0 Å². The molecule has 3 heteroatoms. The minimum absolute atomic E-state index is 0.0561. The number of carbonyl (C=O) groups is 1. The summed E-state index contributed by atoms with van der Waals surface area (Å²) in [4.78, 5) is 11.0. The molecule has 0 spiro atoms. The number of fused-ring (bicyclic) bond motifs is 5. The van der Waals surface area contributed by atoms with Gasteiger partial charge in [0.2, 0.25) is 0 Å². The van der Waals surface area contributed by atoms with Gasteiger partial charge in [-0.2, -0.15) is 0 Å². The second-order valence-corrected chi connectivity index (χ2v) is 11.2. The molecule has 4 fully saturated rings. The Morgan fingerprint density at radius 1 is 1.00 bits per heavy atom. The zero-order chi connectivity index (χ0) is 19.4. The van der Waals surface area contributed by atoms with Gasteiger partial charge >= 0.3 is 5.97 Å². The number of aliphatic carboxylic acids is 1. The first-order chi connectivity index (χ1) is 12.8. The van der Waals surface area contributed by atoms with Gasteiger partial charge in [0.1, 0.15) is 0 Å². The summed E-state index contributed by atoms with van der Waals surface area (Å²) in [6, 6.07) is 0. The Kier molecular flexibility index (Phi) is 5.15. The first kappa shape index (κ1) is 19.7. The van der Waals surface area contributed by atoms with Gasteiger partial charge in [-0.1, -0.05) is 20.8 Å². The van der Waals surface area contributed by atoms with E-state index in [1.54, 1.807) is 0 Å². The van der Waals surface area contributed by atoms with Crippen molar-refractivity contribution in [3.63, 3.8) is 0 Å². The van der Waals surface area contributed by atoms with Crippen molar-refractivity contribution < 1.29 is 15.0 Å². The van der Waals surface area contributed by atoms with Gasteiger partial charge < -0.3 is 10.2 Å². The molecule has 4 aliphatic carbocycles. The predicted octanol–water partition coefficient (Wildman–Crippen LogP) is 5.51. The SMILES string of the molecule is C[C@H](CCC(=O)O)[C@H]1CCC2C3CCC4C[C@H](O)CCC4(C)C3CCC21C. The summed E-state index contributed by atoms with van der Waals surface area (Å²) in [5.41, 5.74) is 0.882. The molecule has 4 aliphatic rings. The maximum atomic E-state index is 11.0. The molecule has 0 aromatic rings. The highest BCUT2D eigenvalue weighted by atomic mass is 16.4. The average molecular weight is 377 g/mol. The molecule has 0 bridgehead atoms. The third kappa shape index (κ3) is 3.16. The largest absolute Gasteiger partial charge is 0.481 e. The maximum absolute atomic E-state index is 11.0. The molecule has 154 valence electrons. The minimum Gasteiger partial charge on any atom is -0.481 e. The fraction of sp³-hybridized carbons (Fsp3) is 0.958. The Hall–Kier alpha value is -0.570. The van der Waals surface area contributed by atoms with Gasteiger partial charge in [0.15, 0.2) is 0 Å². The lowest BCUT2D eigenvalue weighted by atomic mass is 9.44. The van der Waals surface area contributed by atoms with Crippen molar-refractivity contribution in [3.8, 4) is 0 Å². The van der Waals surface area contributed by atoms with Crippen LogP contribution in [0, 0.1) is 46.3 Å². The van der Waals surface area contributed by atoms with Crippen LogP contribution < -0.4 is 0 Å². The molecule has 0 aliphatic heterocycles. The van der Waals surface area contributed by atoms with Gasteiger partial charge in [-0.3, -0.25) is 4.79 Å². The van der Waals surface area contributed by atoms with E-state index in [9.17, 15) is 9.90 Å².